The molecule has 2 aromatic rings. The van der Waals surface area contributed by atoms with Crippen molar-refractivity contribution in [3.05, 3.63) is 35.5 Å². The monoisotopic (exact) mass is 361 g/mol. The van der Waals surface area contributed by atoms with Gasteiger partial charge in [0.15, 0.2) is 23.3 Å². The second-order valence-electron chi connectivity index (χ2n) is 5.82. The second-order valence-corrected chi connectivity index (χ2v) is 5.82. The molecule has 0 atom stereocenters. The molecule has 0 aliphatic heterocycles. The van der Waals surface area contributed by atoms with Crippen LogP contribution >= 0.6 is 0 Å². The lowest BCUT2D eigenvalue weighted by molar-refractivity contribution is 0.354. The van der Waals surface area contributed by atoms with Gasteiger partial charge in [0.25, 0.3) is 0 Å². The van der Waals surface area contributed by atoms with Crippen molar-refractivity contribution in [2.24, 2.45) is 4.99 Å². The Labute approximate surface area is 154 Å². The molecule has 0 saturated heterocycles. The minimum absolute atomic E-state index is 0.624. The van der Waals surface area contributed by atoms with Crippen molar-refractivity contribution in [3.63, 3.8) is 0 Å². The van der Waals surface area contributed by atoms with Crippen molar-refractivity contribution in [2.75, 3.05) is 41.4 Å². The lowest BCUT2D eigenvalue weighted by Gasteiger charge is -2.22. The van der Waals surface area contributed by atoms with E-state index < -0.39 is 0 Å². The minimum atomic E-state index is 0.624. The first-order valence-corrected chi connectivity index (χ1v) is 8.49. The number of aryl methyl sites for hydroxylation is 1. The van der Waals surface area contributed by atoms with Crippen molar-refractivity contribution in [2.45, 2.75) is 19.8 Å². The maximum absolute atomic E-state index is 5.35. The van der Waals surface area contributed by atoms with E-state index in [1.165, 1.54) is 5.56 Å². The molecule has 8 nitrogen and oxygen atoms in total. The summed E-state index contributed by atoms with van der Waals surface area (Å²) < 4.78 is 15.7. The Balaban J connectivity index is 1.83. The molecular weight excluding hydrogens is 334 g/mol. The molecule has 0 aliphatic carbocycles. The number of rotatable bonds is 8. The van der Waals surface area contributed by atoms with Crippen LogP contribution in [0, 0.1) is 6.92 Å². The first-order chi connectivity index (χ1) is 12.6. The van der Waals surface area contributed by atoms with Crippen LogP contribution in [0.3, 0.4) is 0 Å². The summed E-state index contributed by atoms with van der Waals surface area (Å²) in [6.45, 7) is 3.30. The molecular formula is C18H27N5O3. The topological polar surface area (TPSA) is 85.0 Å². The first-order valence-electron chi connectivity index (χ1n) is 8.49. The number of nitrogens with one attached hydrogen (secondary N) is 1. The predicted octanol–water partition coefficient (Wildman–Crippen LogP) is 1.69. The number of hydrogen-bond donors (Lipinski definition) is 1. The Kier molecular flexibility index (Phi) is 7.25. The number of ether oxygens (including phenoxy) is 2. The molecule has 0 saturated carbocycles. The Bertz CT molecular complexity index is 729. The maximum atomic E-state index is 5.35. The third-order valence-corrected chi connectivity index (χ3v) is 3.95. The van der Waals surface area contributed by atoms with Gasteiger partial charge in [-0.1, -0.05) is 11.2 Å². The molecule has 0 spiro atoms. The average Bonchev–Trinajstić information content (AvgIpc) is 3.08. The van der Waals surface area contributed by atoms with Crippen LogP contribution in [-0.4, -0.2) is 62.4 Å². The molecule has 2 rings (SSSR count). The van der Waals surface area contributed by atoms with Crippen LogP contribution in [0.5, 0.6) is 11.5 Å². The van der Waals surface area contributed by atoms with Crippen LogP contribution in [-0.2, 0) is 12.8 Å². The highest BCUT2D eigenvalue weighted by molar-refractivity contribution is 5.79. The van der Waals surface area contributed by atoms with Gasteiger partial charge >= 0.3 is 0 Å². The van der Waals surface area contributed by atoms with Gasteiger partial charge in [0.05, 0.1) is 14.2 Å². The van der Waals surface area contributed by atoms with Crippen molar-refractivity contribution >= 4 is 5.96 Å². The van der Waals surface area contributed by atoms with E-state index in [0.717, 1.165) is 30.4 Å². The van der Waals surface area contributed by atoms with Gasteiger partial charge < -0.3 is 24.2 Å². The van der Waals surface area contributed by atoms with Gasteiger partial charge in [-0.3, -0.25) is 4.99 Å². The number of benzene rings is 1. The fourth-order valence-electron chi connectivity index (χ4n) is 2.55. The van der Waals surface area contributed by atoms with Crippen molar-refractivity contribution in [1.29, 1.82) is 0 Å². The molecule has 8 heteroatoms. The molecule has 0 radical (unpaired) electrons. The van der Waals surface area contributed by atoms with E-state index >= 15 is 0 Å². The lowest BCUT2D eigenvalue weighted by Crippen LogP contribution is -2.40. The van der Waals surface area contributed by atoms with Crippen LogP contribution in [0.1, 0.15) is 17.3 Å². The largest absolute Gasteiger partial charge is 0.493 e. The fourth-order valence-corrected chi connectivity index (χ4v) is 2.55. The van der Waals surface area contributed by atoms with E-state index in [1.807, 2.05) is 25.2 Å². The van der Waals surface area contributed by atoms with Crippen LogP contribution in [0.4, 0.5) is 0 Å². The predicted molar refractivity (Wildman–Crippen MR) is 100.0 cm³/mol. The molecule has 0 aliphatic rings. The first kappa shape index (κ1) is 19.6. The van der Waals surface area contributed by atoms with Gasteiger partial charge in [-0.2, -0.15) is 4.98 Å². The van der Waals surface area contributed by atoms with E-state index in [4.69, 9.17) is 14.0 Å². The lowest BCUT2D eigenvalue weighted by atomic mass is 10.1. The van der Waals surface area contributed by atoms with Gasteiger partial charge in [-0.15, -0.1) is 0 Å². The van der Waals surface area contributed by atoms with E-state index in [9.17, 15) is 0 Å². The van der Waals surface area contributed by atoms with Gasteiger partial charge in [-0.05, 0) is 31.0 Å². The van der Waals surface area contributed by atoms with E-state index in [0.29, 0.717) is 24.7 Å². The summed E-state index contributed by atoms with van der Waals surface area (Å²) in [6, 6.07) is 5.97. The highest BCUT2D eigenvalue weighted by atomic mass is 16.5. The zero-order chi connectivity index (χ0) is 18.9. The summed E-state index contributed by atoms with van der Waals surface area (Å²) >= 11 is 0. The van der Waals surface area contributed by atoms with Gasteiger partial charge in [0.1, 0.15) is 0 Å². The maximum Gasteiger partial charge on any atom is 0.228 e. The smallest absolute Gasteiger partial charge is 0.228 e. The number of aliphatic imine (C=N–C) groups is 1. The molecule has 0 amide bonds. The zero-order valence-corrected chi connectivity index (χ0v) is 16.1. The fraction of sp³-hybridized carbons (Fsp3) is 0.500. The number of aromatic nitrogens is 2. The van der Waals surface area contributed by atoms with E-state index in [-0.39, 0.29) is 0 Å². The molecule has 26 heavy (non-hydrogen) atoms. The Morgan fingerprint density at radius 1 is 1.23 bits per heavy atom. The molecule has 1 aromatic carbocycles. The third kappa shape index (κ3) is 5.37. The number of hydrogen-bond acceptors (Lipinski definition) is 6. The second kappa shape index (κ2) is 9.65. The summed E-state index contributed by atoms with van der Waals surface area (Å²) in [6.07, 6.45) is 1.52. The summed E-state index contributed by atoms with van der Waals surface area (Å²) in [7, 11) is 7.06. The zero-order valence-electron chi connectivity index (χ0n) is 16.1. The molecule has 1 N–H and O–H groups in total. The normalized spacial score (nSPS) is 11.3. The molecule has 1 heterocycles. The summed E-state index contributed by atoms with van der Waals surface area (Å²) in [5.41, 5.74) is 1.17. The molecule has 0 unspecified atom stereocenters. The number of methoxy groups -OCH3 is 2. The SMILES string of the molecule is CN=C(NCCc1nc(C)no1)N(C)CCc1ccc(OC)c(OC)c1. The Morgan fingerprint density at radius 2 is 2.00 bits per heavy atom. The number of likely N-dealkylation sites (N-methyl/N-ethyl adjacent to an activating group) is 1. The van der Waals surface area contributed by atoms with Crippen LogP contribution in [0.25, 0.3) is 0 Å². The van der Waals surface area contributed by atoms with E-state index in [1.54, 1.807) is 28.2 Å². The van der Waals surface area contributed by atoms with Gasteiger partial charge in [0, 0.05) is 33.6 Å². The van der Waals surface area contributed by atoms with Crippen molar-refractivity contribution in [1.82, 2.24) is 20.4 Å². The summed E-state index contributed by atoms with van der Waals surface area (Å²) in [5, 5.41) is 7.09. The van der Waals surface area contributed by atoms with Crippen molar-refractivity contribution in [3.8, 4) is 11.5 Å². The molecule has 1 aromatic heterocycles. The van der Waals surface area contributed by atoms with Crippen LogP contribution < -0.4 is 14.8 Å². The van der Waals surface area contributed by atoms with Gasteiger partial charge in [-0.25, -0.2) is 0 Å². The van der Waals surface area contributed by atoms with Crippen molar-refractivity contribution < 1.29 is 14.0 Å². The van der Waals surface area contributed by atoms with Crippen LogP contribution in [0.2, 0.25) is 0 Å². The standard InChI is InChI=1S/C18H27N5O3/c1-13-21-17(26-22-13)8-10-20-18(19-2)23(3)11-9-14-6-7-15(24-4)16(12-14)25-5/h6-7,12H,8-11H2,1-5H3,(H,19,20). The van der Waals surface area contributed by atoms with Gasteiger partial charge in [0.2, 0.25) is 5.89 Å². The van der Waals surface area contributed by atoms with Crippen LogP contribution in [0.15, 0.2) is 27.7 Å². The highest BCUT2D eigenvalue weighted by Crippen LogP contribution is 2.27. The highest BCUT2D eigenvalue weighted by Gasteiger charge is 2.09. The molecule has 142 valence electrons. The molecule has 0 fully saturated rings. The quantitative estimate of drug-likeness (QED) is 0.566. The Hall–Kier alpha value is -2.77. The summed E-state index contributed by atoms with van der Waals surface area (Å²) in [4.78, 5) is 10.6. The van der Waals surface area contributed by atoms with E-state index in [2.05, 4.69) is 25.3 Å². The number of nitrogens with zero attached hydrogens (tertiary/aromatic N) is 4. The number of guanidine groups is 1. The Morgan fingerprint density at radius 3 is 2.62 bits per heavy atom. The average molecular weight is 361 g/mol. The molecule has 0 bridgehead atoms. The summed E-state index contributed by atoms with van der Waals surface area (Å²) in [5.74, 6) is 3.57. The minimum Gasteiger partial charge on any atom is -0.493 e. The third-order valence-electron chi connectivity index (χ3n) is 3.95.